The Morgan fingerprint density at radius 3 is 2.32 bits per heavy atom. The first-order chi connectivity index (χ1) is 13.4. The molecule has 158 valence electrons. The van der Waals surface area contributed by atoms with Crippen molar-refractivity contribution in [2.24, 2.45) is 12.0 Å². The molecule has 0 unspecified atom stereocenters. The van der Waals surface area contributed by atoms with E-state index in [0.717, 1.165) is 31.3 Å². The summed E-state index contributed by atoms with van der Waals surface area (Å²) in [5, 5.41) is 8.16. The number of aliphatic imine (C=N–C) groups is 1. The van der Waals surface area contributed by atoms with E-state index < -0.39 is 0 Å². The molecule has 0 spiro atoms. The van der Waals surface area contributed by atoms with E-state index in [0.29, 0.717) is 16.7 Å². The quantitative estimate of drug-likeness (QED) is 0.558. The first kappa shape index (κ1) is 21.8. The fourth-order valence-electron chi connectivity index (χ4n) is 4.41. The van der Waals surface area contributed by atoms with E-state index in [9.17, 15) is 0 Å². The lowest BCUT2D eigenvalue weighted by atomic mass is 9.84. The Balaban J connectivity index is 1.61. The molecule has 0 bridgehead atoms. The van der Waals surface area contributed by atoms with Gasteiger partial charge in [0.05, 0.1) is 11.6 Å². The number of nitrogens with one attached hydrogen (secondary N) is 2. The number of likely N-dealkylation sites (tertiary alicyclic amines) is 2. The summed E-state index contributed by atoms with van der Waals surface area (Å²) in [4.78, 5) is 9.61. The molecule has 0 atom stereocenters. The molecule has 3 heterocycles. The summed E-state index contributed by atoms with van der Waals surface area (Å²) in [5.74, 6) is 0.823. The van der Waals surface area contributed by atoms with Crippen LogP contribution in [0.2, 0.25) is 10.2 Å². The second kappa shape index (κ2) is 9.70. The molecular formula is C20H34Cl2N6. The molecule has 0 radical (unpaired) electrons. The lowest BCUT2D eigenvalue weighted by Gasteiger charge is -2.50. The molecule has 1 aromatic rings. The number of piperidine rings is 2. The summed E-state index contributed by atoms with van der Waals surface area (Å²) in [6.07, 6.45) is 6.41. The third-order valence-electron chi connectivity index (χ3n) is 6.41. The summed E-state index contributed by atoms with van der Waals surface area (Å²) < 4.78 is 1.90. The van der Waals surface area contributed by atoms with Crippen LogP contribution in [0.3, 0.4) is 0 Å². The van der Waals surface area contributed by atoms with E-state index >= 15 is 0 Å². The van der Waals surface area contributed by atoms with Gasteiger partial charge in [0, 0.05) is 31.9 Å². The minimum Gasteiger partial charge on any atom is -0.355 e. The third-order valence-corrected chi connectivity index (χ3v) is 7.25. The highest BCUT2D eigenvalue weighted by atomic mass is 35.5. The maximum absolute atomic E-state index is 6.17. The predicted molar refractivity (Wildman–Crippen MR) is 119 cm³/mol. The van der Waals surface area contributed by atoms with Crippen LogP contribution in [0.5, 0.6) is 0 Å². The highest BCUT2D eigenvalue weighted by molar-refractivity contribution is 6.41. The standard InChI is InChI=1S/C20H34Cl2N6/c1-23-19(24-14-16-13-17(21)18(22)27(16)3)25-15-20(7-11-26(2)12-8-20)28-9-5-4-6-10-28/h13H,4-12,14-15H2,1-3H3,(H2,23,24,25). The molecule has 8 heteroatoms. The fourth-order valence-corrected chi connectivity index (χ4v) is 4.83. The molecule has 2 aliphatic rings. The van der Waals surface area contributed by atoms with E-state index in [1.165, 1.54) is 45.2 Å². The zero-order valence-electron chi connectivity index (χ0n) is 17.4. The summed E-state index contributed by atoms with van der Waals surface area (Å²) in [6, 6.07) is 1.90. The smallest absolute Gasteiger partial charge is 0.191 e. The van der Waals surface area contributed by atoms with Crippen LogP contribution in [0.15, 0.2) is 11.1 Å². The highest BCUT2D eigenvalue weighted by Gasteiger charge is 2.39. The number of hydrogen-bond acceptors (Lipinski definition) is 3. The molecule has 0 saturated carbocycles. The first-order valence-corrected chi connectivity index (χ1v) is 11.1. The van der Waals surface area contributed by atoms with Gasteiger partial charge in [-0.1, -0.05) is 29.6 Å². The van der Waals surface area contributed by atoms with Gasteiger partial charge in [0.1, 0.15) is 5.15 Å². The number of aromatic nitrogens is 1. The van der Waals surface area contributed by atoms with Crippen molar-refractivity contribution in [3.63, 3.8) is 0 Å². The van der Waals surface area contributed by atoms with Gasteiger partial charge in [0.15, 0.2) is 5.96 Å². The molecular weight excluding hydrogens is 395 g/mol. The van der Waals surface area contributed by atoms with Gasteiger partial charge in [0.25, 0.3) is 0 Å². The fraction of sp³-hybridized carbons (Fsp3) is 0.750. The van der Waals surface area contributed by atoms with E-state index in [2.05, 4.69) is 32.5 Å². The minimum atomic E-state index is 0.224. The average Bonchev–Trinajstić information content (AvgIpc) is 2.97. The summed E-state index contributed by atoms with van der Waals surface area (Å²) in [5.41, 5.74) is 1.25. The van der Waals surface area contributed by atoms with Gasteiger partial charge >= 0.3 is 0 Å². The van der Waals surface area contributed by atoms with Crippen molar-refractivity contribution in [3.05, 3.63) is 21.9 Å². The molecule has 6 nitrogen and oxygen atoms in total. The molecule has 3 rings (SSSR count). The largest absolute Gasteiger partial charge is 0.355 e. The van der Waals surface area contributed by atoms with E-state index in [1.54, 1.807) is 0 Å². The second-order valence-electron chi connectivity index (χ2n) is 8.19. The van der Waals surface area contributed by atoms with Crippen molar-refractivity contribution in [1.82, 2.24) is 25.0 Å². The van der Waals surface area contributed by atoms with Crippen LogP contribution in [0.4, 0.5) is 0 Å². The van der Waals surface area contributed by atoms with Gasteiger partial charge in [-0.2, -0.15) is 0 Å². The van der Waals surface area contributed by atoms with Crippen molar-refractivity contribution in [1.29, 1.82) is 0 Å². The van der Waals surface area contributed by atoms with Gasteiger partial charge in [0.2, 0.25) is 0 Å². The minimum absolute atomic E-state index is 0.224. The Morgan fingerprint density at radius 2 is 1.75 bits per heavy atom. The molecule has 0 amide bonds. The molecule has 2 aliphatic heterocycles. The Hall–Kier alpha value is -0.950. The number of guanidine groups is 1. The van der Waals surface area contributed by atoms with Crippen LogP contribution in [-0.2, 0) is 13.6 Å². The lowest BCUT2D eigenvalue weighted by Crippen LogP contribution is -2.62. The van der Waals surface area contributed by atoms with Crippen LogP contribution in [0.25, 0.3) is 0 Å². The van der Waals surface area contributed by atoms with Crippen LogP contribution >= 0.6 is 23.2 Å². The Kier molecular flexibility index (Phi) is 7.54. The lowest BCUT2D eigenvalue weighted by molar-refractivity contribution is 0.0173. The zero-order valence-corrected chi connectivity index (χ0v) is 18.9. The molecule has 28 heavy (non-hydrogen) atoms. The summed E-state index contributed by atoms with van der Waals surface area (Å²) in [6.45, 7) is 6.31. The highest BCUT2D eigenvalue weighted by Crippen LogP contribution is 2.31. The maximum Gasteiger partial charge on any atom is 0.191 e. The van der Waals surface area contributed by atoms with E-state index in [4.69, 9.17) is 23.2 Å². The number of halogens is 2. The van der Waals surface area contributed by atoms with Crippen molar-refractivity contribution in [2.45, 2.75) is 44.2 Å². The molecule has 2 fully saturated rings. The van der Waals surface area contributed by atoms with Gasteiger partial charge in [-0.25, -0.2) is 0 Å². The van der Waals surface area contributed by atoms with Gasteiger partial charge < -0.3 is 20.1 Å². The van der Waals surface area contributed by atoms with Gasteiger partial charge in [-0.05, 0) is 65.0 Å². The van der Waals surface area contributed by atoms with Crippen LogP contribution in [0.1, 0.15) is 37.8 Å². The Labute approximate surface area is 179 Å². The molecule has 0 aliphatic carbocycles. The molecule has 2 saturated heterocycles. The van der Waals surface area contributed by atoms with E-state index in [-0.39, 0.29) is 5.54 Å². The SMILES string of the molecule is CN=C(NCc1cc(Cl)c(Cl)n1C)NCC1(N2CCCCC2)CCN(C)CC1. The maximum atomic E-state index is 6.17. The monoisotopic (exact) mass is 428 g/mol. The van der Waals surface area contributed by atoms with E-state index in [1.807, 2.05) is 24.7 Å². The molecule has 2 N–H and O–H groups in total. The topological polar surface area (TPSA) is 47.8 Å². The number of hydrogen-bond donors (Lipinski definition) is 2. The van der Waals surface area contributed by atoms with Crippen molar-refractivity contribution < 1.29 is 0 Å². The summed E-state index contributed by atoms with van der Waals surface area (Å²) >= 11 is 12.3. The summed E-state index contributed by atoms with van der Waals surface area (Å²) in [7, 11) is 5.97. The first-order valence-electron chi connectivity index (χ1n) is 10.3. The van der Waals surface area contributed by atoms with Crippen LogP contribution in [0, 0.1) is 0 Å². The van der Waals surface area contributed by atoms with Crippen molar-refractivity contribution in [3.8, 4) is 0 Å². The third kappa shape index (κ3) is 4.96. The number of nitrogens with zero attached hydrogens (tertiary/aromatic N) is 4. The van der Waals surface area contributed by atoms with Crippen LogP contribution in [-0.4, -0.2) is 72.7 Å². The van der Waals surface area contributed by atoms with Gasteiger partial charge in [-0.3, -0.25) is 9.89 Å². The van der Waals surface area contributed by atoms with Crippen molar-refractivity contribution >= 4 is 29.2 Å². The number of rotatable bonds is 5. The Bertz CT molecular complexity index is 672. The second-order valence-corrected chi connectivity index (χ2v) is 8.95. The normalized spacial score (nSPS) is 21.7. The van der Waals surface area contributed by atoms with Gasteiger partial charge in [-0.15, -0.1) is 0 Å². The van der Waals surface area contributed by atoms with Crippen LogP contribution < -0.4 is 10.6 Å². The predicted octanol–water partition coefficient (Wildman–Crippen LogP) is 2.95. The Morgan fingerprint density at radius 1 is 1.07 bits per heavy atom. The average molecular weight is 429 g/mol. The zero-order chi connectivity index (χ0) is 20.1. The van der Waals surface area contributed by atoms with Crippen molar-refractivity contribution in [2.75, 3.05) is 46.8 Å². The molecule has 0 aromatic carbocycles. The molecule has 1 aromatic heterocycles.